The summed E-state index contributed by atoms with van der Waals surface area (Å²) in [6, 6.07) is 9.77. The number of nitrogens with zero attached hydrogens (tertiary/aromatic N) is 1. The van der Waals surface area contributed by atoms with Crippen LogP contribution in [-0.4, -0.2) is 6.04 Å². The third-order valence-corrected chi connectivity index (χ3v) is 4.46. The topological polar surface area (TPSA) is 3.24 Å². The van der Waals surface area contributed by atoms with Crippen molar-refractivity contribution in [3.63, 3.8) is 0 Å². The molecule has 0 fully saturated rings. The lowest BCUT2D eigenvalue weighted by Crippen LogP contribution is -2.37. The molecule has 1 aliphatic rings. The minimum atomic E-state index is -0.302. The third-order valence-electron chi connectivity index (χ3n) is 4.10. The largest absolute Gasteiger partial charge is 0.364 e. The van der Waals surface area contributed by atoms with Crippen LogP contribution in [0.2, 0.25) is 5.02 Å². The van der Waals surface area contributed by atoms with E-state index in [1.807, 2.05) is 0 Å². The van der Waals surface area contributed by atoms with E-state index in [2.05, 4.69) is 11.8 Å². The standard InChI is InChI=1S/C17H16ClF2N/c1-11-5-6-12-9-13(19)7-8-17(12)21(11)10-14-15(18)3-2-4-16(14)20/h2-4,7-9,11H,5-6,10H2,1H3. The number of hydrogen-bond acceptors (Lipinski definition) is 1. The molecule has 2 aromatic rings. The number of fused-ring (bicyclic) bond motifs is 1. The Hall–Kier alpha value is -1.61. The van der Waals surface area contributed by atoms with Crippen LogP contribution < -0.4 is 4.90 Å². The second-order valence-electron chi connectivity index (χ2n) is 5.49. The molecular formula is C17H16ClF2N. The molecule has 4 heteroatoms. The molecule has 110 valence electrons. The summed E-state index contributed by atoms with van der Waals surface area (Å²) in [5, 5.41) is 0.427. The van der Waals surface area contributed by atoms with Crippen LogP contribution in [0.4, 0.5) is 14.5 Å². The molecule has 1 heterocycles. The van der Waals surface area contributed by atoms with Crippen molar-refractivity contribution in [3.8, 4) is 0 Å². The van der Waals surface area contributed by atoms with Crippen molar-refractivity contribution in [2.24, 2.45) is 0 Å². The van der Waals surface area contributed by atoms with E-state index in [0.29, 0.717) is 17.1 Å². The molecule has 0 amide bonds. The Morgan fingerprint density at radius 2 is 2.05 bits per heavy atom. The maximum absolute atomic E-state index is 14.0. The molecule has 0 N–H and O–H groups in total. The zero-order valence-electron chi connectivity index (χ0n) is 11.7. The second kappa shape index (κ2) is 5.64. The van der Waals surface area contributed by atoms with Gasteiger partial charge in [-0.05, 0) is 55.7 Å². The SMILES string of the molecule is CC1CCc2cc(F)ccc2N1Cc1c(F)cccc1Cl. The molecule has 1 nitrogen and oxygen atoms in total. The van der Waals surface area contributed by atoms with Crippen molar-refractivity contribution < 1.29 is 8.78 Å². The number of aryl methyl sites for hydroxylation is 1. The average Bonchev–Trinajstić information content (AvgIpc) is 2.45. The Balaban J connectivity index is 1.99. The summed E-state index contributed by atoms with van der Waals surface area (Å²) in [6.07, 6.45) is 1.76. The average molecular weight is 308 g/mol. The summed E-state index contributed by atoms with van der Waals surface area (Å²) < 4.78 is 27.4. The maximum atomic E-state index is 14.0. The smallest absolute Gasteiger partial charge is 0.129 e. The van der Waals surface area contributed by atoms with Crippen LogP contribution in [0.25, 0.3) is 0 Å². The molecule has 2 aromatic carbocycles. The highest BCUT2D eigenvalue weighted by atomic mass is 35.5. The highest BCUT2D eigenvalue weighted by molar-refractivity contribution is 6.31. The number of rotatable bonds is 2. The van der Waals surface area contributed by atoms with Crippen LogP contribution in [0.3, 0.4) is 0 Å². The van der Waals surface area contributed by atoms with E-state index in [1.165, 1.54) is 12.1 Å². The molecule has 0 saturated carbocycles. The van der Waals surface area contributed by atoms with E-state index in [0.717, 1.165) is 24.1 Å². The van der Waals surface area contributed by atoms with Crippen LogP contribution in [0.5, 0.6) is 0 Å². The summed E-state index contributed by atoms with van der Waals surface area (Å²) in [4.78, 5) is 2.10. The van der Waals surface area contributed by atoms with Gasteiger partial charge in [-0.1, -0.05) is 17.7 Å². The van der Waals surface area contributed by atoms with Gasteiger partial charge < -0.3 is 4.90 Å². The monoisotopic (exact) mass is 307 g/mol. The van der Waals surface area contributed by atoms with Crippen LogP contribution in [-0.2, 0) is 13.0 Å². The fraction of sp³-hybridized carbons (Fsp3) is 0.294. The zero-order chi connectivity index (χ0) is 15.0. The van der Waals surface area contributed by atoms with E-state index < -0.39 is 0 Å². The summed E-state index contributed by atoms with van der Waals surface area (Å²) in [6.45, 7) is 2.49. The normalized spacial score (nSPS) is 17.7. The first-order valence-electron chi connectivity index (χ1n) is 7.04. The first-order chi connectivity index (χ1) is 10.1. The maximum Gasteiger partial charge on any atom is 0.129 e. The van der Waals surface area contributed by atoms with Crippen LogP contribution >= 0.6 is 11.6 Å². The highest BCUT2D eigenvalue weighted by Gasteiger charge is 2.25. The summed E-state index contributed by atoms with van der Waals surface area (Å²) >= 11 is 6.12. The van der Waals surface area contributed by atoms with Crippen LogP contribution in [0, 0.1) is 11.6 Å². The number of anilines is 1. The summed E-state index contributed by atoms with van der Waals surface area (Å²) in [7, 11) is 0. The molecule has 0 saturated heterocycles. The van der Waals surface area contributed by atoms with Crippen molar-refractivity contribution in [1.29, 1.82) is 0 Å². The molecule has 1 unspecified atom stereocenters. The molecule has 0 spiro atoms. The van der Waals surface area contributed by atoms with Gasteiger partial charge in [-0.15, -0.1) is 0 Å². The molecule has 1 aliphatic heterocycles. The lowest BCUT2D eigenvalue weighted by molar-refractivity contribution is 0.539. The van der Waals surface area contributed by atoms with Gasteiger partial charge in [0, 0.05) is 28.9 Å². The number of hydrogen-bond donors (Lipinski definition) is 0. The van der Waals surface area contributed by atoms with Gasteiger partial charge in [-0.2, -0.15) is 0 Å². The molecule has 0 aliphatic carbocycles. The minimum absolute atomic E-state index is 0.229. The summed E-state index contributed by atoms with van der Waals surface area (Å²) in [5.74, 6) is -0.531. The second-order valence-corrected chi connectivity index (χ2v) is 5.90. The predicted octanol–water partition coefficient (Wildman–Crippen LogP) is 4.96. The predicted molar refractivity (Wildman–Crippen MR) is 81.8 cm³/mol. The number of benzene rings is 2. The molecular weight excluding hydrogens is 292 g/mol. The van der Waals surface area contributed by atoms with Gasteiger partial charge in [-0.25, -0.2) is 8.78 Å². The minimum Gasteiger partial charge on any atom is -0.364 e. The van der Waals surface area contributed by atoms with Gasteiger partial charge in [0.05, 0.1) is 0 Å². The van der Waals surface area contributed by atoms with Gasteiger partial charge in [0.25, 0.3) is 0 Å². The third kappa shape index (κ3) is 2.75. The molecule has 0 radical (unpaired) electrons. The molecule has 21 heavy (non-hydrogen) atoms. The summed E-state index contributed by atoms with van der Waals surface area (Å²) in [5.41, 5.74) is 2.43. The van der Waals surface area contributed by atoms with Crippen LogP contribution in [0.15, 0.2) is 36.4 Å². The first kappa shape index (κ1) is 14.3. The molecule has 1 atom stereocenters. The quantitative estimate of drug-likeness (QED) is 0.758. The Morgan fingerprint density at radius 1 is 1.24 bits per heavy atom. The van der Waals surface area contributed by atoms with Crippen LogP contribution in [0.1, 0.15) is 24.5 Å². The van der Waals surface area contributed by atoms with E-state index >= 15 is 0 Å². The lowest BCUT2D eigenvalue weighted by Gasteiger charge is -2.37. The van der Waals surface area contributed by atoms with Gasteiger partial charge in [-0.3, -0.25) is 0 Å². The van der Waals surface area contributed by atoms with Crippen molar-refractivity contribution in [2.75, 3.05) is 4.90 Å². The first-order valence-corrected chi connectivity index (χ1v) is 7.42. The van der Waals surface area contributed by atoms with Crippen molar-refractivity contribution in [2.45, 2.75) is 32.4 Å². The molecule has 0 bridgehead atoms. The molecule has 3 rings (SSSR count). The van der Waals surface area contributed by atoms with Gasteiger partial charge >= 0.3 is 0 Å². The van der Waals surface area contributed by atoms with Gasteiger partial charge in [0.1, 0.15) is 11.6 Å². The Morgan fingerprint density at radius 3 is 2.81 bits per heavy atom. The van der Waals surface area contributed by atoms with Crippen molar-refractivity contribution >= 4 is 17.3 Å². The fourth-order valence-electron chi connectivity index (χ4n) is 2.89. The zero-order valence-corrected chi connectivity index (χ0v) is 12.5. The van der Waals surface area contributed by atoms with E-state index in [9.17, 15) is 8.78 Å². The van der Waals surface area contributed by atoms with Gasteiger partial charge in [0.15, 0.2) is 0 Å². The number of halogens is 3. The van der Waals surface area contributed by atoms with E-state index in [1.54, 1.807) is 24.3 Å². The van der Waals surface area contributed by atoms with E-state index in [4.69, 9.17) is 11.6 Å². The van der Waals surface area contributed by atoms with Gasteiger partial charge in [0.2, 0.25) is 0 Å². The fourth-order valence-corrected chi connectivity index (χ4v) is 3.11. The van der Waals surface area contributed by atoms with E-state index in [-0.39, 0.29) is 17.7 Å². The Bertz CT molecular complexity index is 652. The lowest BCUT2D eigenvalue weighted by atomic mass is 9.96. The Labute approximate surface area is 128 Å². The highest BCUT2D eigenvalue weighted by Crippen LogP contribution is 2.34. The van der Waals surface area contributed by atoms with Crippen molar-refractivity contribution in [3.05, 3.63) is 64.2 Å². The van der Waals surface area contributed by atoms with Crippen molar-refractivity contribution in [1.82, 2.24) is 0 Å². The molecule has 0 aromatic heterocycles. The Kier molecular flexibility index (Phi) is 3.85.